The van der Waals surface area contributed by atoms with Crippen molar-refractivity contribution in [2.45, 2.75) is 33.3 Å². The van der Waals surface area contributed by atoms with Crippen LogP contribution in [0.4, 0.5) is 5.69 Å². The van der Waals surface area contributed by atoms with E-state index in [9.17, 15) is 0 Å². The van der Waals surface area contributed by atoms with Gasteiger partial charge >= 0.3 is 0 Å². The summed E-state index contributed by atoms with van der Waals surface area (Å²) in [6.07, 6.45) is 1.72. The maximum Gasteiger partial charge on any atom is 0.215 e. The van der Waals surface area contributed by atoms with Crippen molar-refractivity contribution >= 4 is 5.69 Å². The van der Waals surface area contributed by atoms with Crippen LogP contribution in [0.1, 0.15) is 26.3 Å². The zero-order chi connectivity index (χ0) is 10.1. The normalized spacial score (nSPS) is 11.4. The van der Waals surface area contributed by atoms with Crippen LogP contribution in [0.15, 0.2) is 12.3 Å². The molecule has 0 aliphatic rings. The third-order valence-electron chi connectivity index (χ3n) is 1.53. The summed E-state index contributed by atoms with van der Waals surface area (Å²) in [4.78, 5) is 4.12. The molecule has 2 N–H and O–H groups in total. The Balaban J connectivity index is 2.86. The Morgan fingerprint density at radius 3 is 2.46 bits per heavy atom. The van der Waals surface area contributed by atoms with E-state index in [-0.39, 0.29) is 5.60 Å². The fourth-order valence-corrected chi connectivity index (χ4v) is 0.889. The highest BCUT2D eigenvalue weighted by molar-refractivity contribution is 5.47. The lowest BCUT2D eigenvalue weighted by Crippen LogP contribution is -2.23. The minimum absolute atomic E-state index is 0.227. The molecule has 0 unspecified atom stereocenters. The number of anilines is 1. The number of nitrogens with zero attached hydrogens (tertiary/aromatic N) is 1. The zero-order valence-corrected chi connectivity index (χ0v) is 8.59. The minimum Gasteiger partial charge on any atom is -0.472 e. The topological polar surface area (TPSA) is 48.1 Å². The molecule has 0 spiro atoms. The number of aromatic nitrogens is 1. The fourth-order valence-electron chi connectivity index (χ4n) is 0.889. The highest BCUT2D eigenvalue weighted by Crippen LogP contribution is 2.19. The number of rotatable bonds is 1. The summed E-state index contributed by atoms with van der Waals surface area (Å²) in [5.41, 5.74) is 7.18. The van der Waals surface area contributed by atoms with E-state index in [1.807, 2.05) is 27.7 Å². The summed E-state index contributed by atoms with van der Waals surface area (Å²) >= 11 is 0. The van der Waals surface area contributed by atoms with E-state index in [0.717, 1.165) is 5.56 Å². The lowest BCUT2D eigenvalue weighted by molar-refractivity contribution is 0.124. The first-order valence-electron chi connectivity index (χ1n) is 4.29. The SMILES string of the molecule is Cc1cnc(OC(C)(C)C)cc1N. The number of aryl methyl sites for hydroxylation is 1. The minimum atomic E-state index is -0.227. The van der Waals surface area contributed by atoms with Crippen LogP contribution in [0.5, 0.6) is 5.88 Å². The first-order valence-corrected chi connectivity index (χ1v) is 4.29. The maximum atomic E-state index is 5.72. The van der Waals surface area contributed by atoms with E-state index in [1.165, 1.54) is 0 Å². The summed E-state index contributed by atoms with van der Waals surface area (Å²) in [6.45, 7) is 7.85. The average Bonchev–Trinajstić information content (AvgIpc) is 1.94. The van der Waals surface area contributed by atoms with Gasteiger partial charge in [0.15, 0.2) is 0 Å². The molecule has 0 amide bonds. The Labute approximate surface area is 78.9 Å². The van der Waals surface area contributed by atoms with Crippen LogP contribution in [0.3, 0.4) is 0 Å². The van der Waals surface area contributed by atoms with Crippen molar-refractivity contribution in [3.8, 4) is 5.88 Å². The lowest BCUT2D eigenvalue weighted by atomic mass is 10.2. The van der Waals surface area contributed by atoms with Crippen LogP contribution < -0.4 is 10.5 Å². The van der Waals surface area contributed by atoms with Crippen molar-refractivity contribution in [1.29, 1.82) is 0 Å². The van der Waals surface area contributed by atoms with Gasteiger partial charge in [-0.3, -0.25) is 0 Å². The van der Waals surface area contributed by atoms with Crippen molar-refractivity contribution in [3.05, 3.63) is 17.8 Å². The van der Waals surface area contributed by atoms with E-state index >= 15 is 0 Å². The van der Waals surface area contributed by atoms with E-state index < -0.39 is 0 Å². The van der Waals surface area contributed by atoms with Crippen LogP contribution >= 0.6 is 0 Å². The van der Waals surface area contributed by atoms with Gasteiger partial charge in [0, 0.05) is 18.0 Å². The molecule has 1 aromatic rings. The number of ether oxygens (including phenoxy) is 1. The Morgan fingerprint density at radius 2 is 2.00 bits per heavy atom. The number of pyridine rings is 1. The maximum absolute atomic E-state index is 5.72. The standard InChI is InChI=1S/C10H16N2O/c1-7-6-12-9(5-8(7)11)13-10(2,3)4/h5-6H,1-4H3,(H2,11,12). The van der Waals surface area contributed by atoms with Gasteiger partial charge in [0.25, 0.3) is 0 Å². The van der Waals surface area contributed by atoms with Crippen molar-refractivity contribution in [2.24, 2.45) is 0 Å². The van der Waals surface area contributed by atoms with E-state index in [1.54, 1.807) is 12.3 Å². The molecule has 0 saturated carbocycles. The van der Waals surface area contributed by atoms with Crippen LogP contribution in [0.2, 0.25) is 0 Å². The van der Waals surface area contributed by atoms with Gasteiger partial charge in [0.1, 0.15) is 5.60 Å². The first kappa shape index (κ1) is 9.84. The number of hydrogen-bond donors (Lipinski definition) is 1. The molecule has 0 bridgehead atoms. The largest absolute Gasteiger partial charge is 0.472 e. The molecule has 1 heterocycles. The molecule has 0 aliphatic heterocycles. The molecule has 3 heteroatoms. The third kappa shape index (κ3) is 2.93. The van der Waals surface area contributed by atoms with Gasteiger partial charge in [-0.05, 0) is 33.3 Å². The highest BCUT2D eigenvalue weighted by Gasteiger charge is 2.12. The fraction of sp³-hybridized carbons (Fsp3) is 0.500. The van der Waals surface area contributed by atoms with Crippen molar-refractivity contribution in [3.63, 3.8) is 0 Å². The zero-order valence-electron chi connectivity index (χ0n) is 8.59. The predicted molar refractivity (Wildman–Crippen MR) is 53.8 cm³/mol. The third-order valence-corrected chi connectivity index (χ3v) is 1.53. The molecule has 72 valence electrons. The molecule has 0 aliphatic carbocycles. The van der Waals surface area contributed by atoms with E-state index in [4.69, 9.17) is 10.5 Å². The van der Waals surface area contributed by atoms with E-state index in [2.05, 4.69) is 4.98 Å². The molecule has 0 fully saturated rings. The van der Waals surface area contributed by atoms with Gasteiger partial charge in [-0.25, -0.2) is 4.98 Å². The Hall–Kier alpha value is -1.25. The Kier molecular flexibility index (Phi) is 2.45. The van der Waals surface area contributed by atoms with Gasteiger partial charge in [-0.1, -0.05) is 0 Å². The average molecular weight is 180 g/mol. The number of nitrogens with two attached hydrogens (primary N) is 1. The molecule has 1 rings (SSSR count). The molecule has 0 atom stereocenters. The predicted octanol–water partition coefficient (Wildman–Crippen LogP) is 2.15. The summed E-state index contributed by atoms with van der Waals surface area (Å²) in [6, 6.07) is 1.75. The van der Waals surface area contributed by atoms with Crippen LogP contribution in [-0.2, 0) is 0 Å². The molecule has 0 aromatic carbocycles. The molecule has 13 heavy (non-hydrogen) atoms. The van der Waals surface area contributed by atoms with Crippen LogP contribution in [0.25, 0.3) is 0 Å². The molecular formula is C10H16N2O. The summed E-state index contributed by atoms with van der Waals surface area (Å²) in [5.74, 6) is 0.579. The van der Waals surface area contributed by atoms with E-state index in [0.29, 0.717) is 11.6 Å². The molecule has 3 nitrogen and oxygen atoms in total. The lowest BCUT2D eigenvalue weighted by Gasteiger charge is -2.20. The van der Waals surface area contributed by atoms with Gasteiger partial charge in [-0.2, -0.15) is 0 Å². The molecule has 0 saturated heterocycles. The number of nitrogen functional groups attached to an aromatic ring is 1. The summed E-state index contributed by atoms with van der Waals surface area (Å²) < 4.78 is 5.55. The second kappa shape index (κ2) is 3.24. The van der Waals surface area contributed by atoms with Gasteiger partial charge in [0.2, 0.25) is 5.88 Å². The quantitative estimate of drug-likeness (QED) is 0.720. The van der Waals surface area contributed by atoms with Crippen molar-refractivity contribution < 1.29 is 4.74 Å². The summed E-state index contributed by atoms with van der Waals surface area (Å²) in [5, 5.41) is 0. The highest BCUT2D eigenvalue weighted by atomic mass is 16.5. The van der Waals surface area contributed by atoms with Crippen molar-refractivity contribution in [2.75, 3.05) is 5.73 Å². The van der Waals surface area contributed by atoms with Gasteiger partial charge in [-0.15, -0.1) is 0 Å². The van der Waals surface area contributed by atoms with Gasteiger partial charge in [0.05, 0.1) is 0 Å². The first-order chi connectivity index (χ1) is 5.88. The van der Waals surface area contributed by atoms with Crippen LogP contribution in [-0.4, -0.2) is 10.6 Å². The molecule has 0 radical (unpaired) electrons. The van der Waals surface area contributed by atoms with Gasteiger partial charge < -0.3 is 10.5 Å². The number of hydrogen-bond acceptors (Lipinski definition) is 3. The molecule has 1 aromatic heterocycles. The second-order valence-electron chi connectivity index (χ2n) is 4.09. The Morgan fingerprint density at radius 1 is 1.38 bits per heavy atom. The summed E-state index contributed by atoms with van der Waals surface area (Å²) in [7, 11) is 0. The Bertz CT molecular complexity index is 302. The monoisotopic (exact) mass is 180 g/mol. The van der Waals surface area contributed by atoms with Crippen molar-refractivity contribution in [1.82, 2.24) is 4.98 Å². The smallest absolute Gasteiger partial charge is 0.215 e. The van der Waals surface area contributed by atoms with Crippen LogP contribution in [0, 0.1) is 6.92 Å². The second-order valence-corrected chi connectivity index (χ2v) is 4.09. The molecular weight excluding hydrogens is 164 g/mol.